The van der Waals surface area contributed by atoms with Gasteiger partial charge in [-0.1, -0.05) is 12.2 Å². The van der Waals surface area contributed by atoms with Crippen LogP contribution in [-0.2, 0) is 4.79 Å². The van der Waals surface area contributed by atoms with Gasteiger partial charge >= 0.3 is 0 Å². The van der Waals surface area contributed by atoms with Crippen molar-refractivity contribution in [3.63, 3.8) is 0 Å². The Hall–Kier alpha value is -0.330. The largest absolute Gasteiger partial charge is 0.392 e. The maximum atomic E-state index is 11.9. The van der Waals surface area contributed by atoms with E-state index >= 15 is 0 Å². The van der Waals surface area contributed by atoms with Gasteiger partial charge < -0.3 is 10.6 Å². The van der Waals surface area contributed by atoms with E-state index in [9.17, 15) is 4.79 Å². The van der Waals surface area contributed by atoms with Crippen molar-refractivity contribution >= 4 is 34.9 Å². The zero-order chi connectivity index (χ0) is 13.9. The topological polar surface area (TPSA) is 49.6 Å². The van der Waals surface area contributed by atoms with Gasteiger partial charge in [0, 0.05) is 27.2 Å². The summed E-state index contributed by atoms with van der Waals surface area (Å²) in [5.41, 5.74) is 5.86. The minimum absolute atomic E-state index is 0.0637. The number of hydrogen-bond acceptors (Lipinski definition) is 4. The second-order valence-electron chi connectivity index (χ2n) is 5.01. The highest BCUT2D eigenvalue weighted by Crippen LogP contribution is 2.35. The van der Waals surface area contributed by atoms with Crippen LogP contribution in [0.25, 0.3) is 0 Å². The van der Waals surface area contributed by atoms with Gasteiger partial charge in [0.25, 0.3) is 0 Å². The lowest BCUT2D eigenvalue weighted by molar-refractivity contribution is -0.134. The van der Waals surface area contributed by atoms with E-state index in [-0.39, 0.29) is 16.7 Å². The van der Waals surface area contributed by atoms with Crippen LogP contribution in [0.2, 0.25) is 0 Å². The van der Waals surface area contributed by atoms with Crippen LogP contribution in [0.3, 0.4) is 0 Å². The van der Waals surface area contributed by atoms with Gasteiger partial charge in [-0.2, -0.15) is 11.8 Å². The highest BCUT2D eigenvalue weighted by molar-refractivity contribution is 8.02. The molecule has 1 fully saturated rings. The van der Waals surface area contributed by atoms with E-state index in [1.165, 1.54) is 0 Å². The number of amides is 1. The average molecular weight is 289 g/mol. The van der Waals surface area contributed by atoms with Gasteiger partial charge in [0.2, 0.25) is 5.91 Å². The SMILES string of the molecule is CSC1(C(N)=S)CCN(C(C)C(=O)N(C)C)CC1. The summed E-state index contributed by atoms with van der Waals surface area (Å²) in [4.78, 5) is 16.4. The van der Waals surface area contributed by atoms with E-state index in [4.69, 9.17) is 18.0 Å². The summed E-state index contributed by atoms with van der Waals surface area (Å²) >= 11 is 6.93. The molecule has 18 heavy (non-hydrogen) atoms. The molecule has 0 bridgehead atoms. The molecule has 1 amide bonds. The second kappa shape index (κ2) is 6.21. The Morgan fingerprint density at radius 1 is 1.44 bits per heavy atom. The minimum atomic E-state index is -0.0767. The maximum Gasteiger partial charge on any atom is 0.239 e. The van der Waals surface area contributed by atoms with Crippen molar-refractivity contribution in [3.8, 4) is 0 Å². The molecule has 0 aliphatic carbocycles. The predicted octanol–water partition coefficient (Wildman–Crippen LogP) is 0.947. The third-order valence-electron chi connectivity index (χ3n) is 3.79. The Kier molecular flexibility index (Phi) is 5.43. The first-order chi connectivity index (χ1) is 8.34. The molecule has 0 spiro atoms. The third kappa shape index (κ3) is 3.16. The van der Waals surface area contributed by atoms with E-state index in [0.717, 1.165) is 25.9 Å². The number of carbonyl (C=O) groups is 1. The molecule has 0 saturated carbocycles. The van der Waals surface area contributed by atoms with Crippen molar-refractivity contribution in [1.82, 2.24) is 9.80 Å². The van der Waals surface area contributed by atoms with Crippen molar-refractivity contribution in [2.24, 2.45) is 5.73 Å². The van der Waals surface area contributed by atoms with Crippen molar-refractivity contribution < 1.29 is 4.79 Å². The van der Waals surface area contributed by atoms with Crippen LogP contribution in [0.4, 0.5) is 0 Å². The number of rotatable bonds is 4. The number of hydrogen-bond donors (Lipinski definition) is 1. The minimum Gasteiger partial charge on any atom is -0.392 e. The summed E-state index contributed by atoms with van der Waals surface area (Å²) in [5, 5.41) is 0. The Labute approximate surface area is 119 Å². The first-order valence-electron chi connectivity index (χ1n) is 6.14. The second-order valence-corrected chi connectivity index (χ2v) is 6.64. The highest BCUT2D eigenvalue weighted by atomic mass is 32.2. The Bertz CT molecular complexity index is 325. The summed E-state index contributed by atoms with van der Waals surface area (Å²) < 4.78 is -0.0767. The normalized spacial score (nSPS) is 21.3. The molecule has 104 valence electrons. The van der Waals surface area contributed by atoms with Crippen molar-refractivity contribution in [3.05, 3.63) is 0 Å². The Balaban J connectivity index is 2.64. The molecular weight excluding hydrogens is 266 g/mol. The first-order valence-corrected chi connectivity index (χ1v) is 7.77. The number of likely N-dealkylation sites (N-methyl/N-ethyl adjacent to an activating group) is 1. The lowest BCUT2D eigenvalue weighted by Crippen LogP contribution is -2.54. The predicted molar refractivity (Wildman–Crippen MR) is 82.0 cm³/mol. The van der Waals surface area contributed by atoms with Crippen LogP contribution in [0.15, 0.2) is 0 Å². The maximum absolute atomic E-state index is 11.9. The molecule has 0 aromatic heterocycles. The van der Waals surface area contributed by atoms with Crippen LogP contribution >= 0.6 is 24.0 Å². The fourth-order valence-corrected chi connectivity index (χ4v) is 3.60. The summed E-state index contributed by atoms with van der Waals surface area (Å²) in [6.45, 7) is 3.72. The first kappa shape index (κ1) is 15.7. The average Bonchev–Trinajstić information content (AvgIpc) is 2.36. The summed E-state index contributed by atoms with van der Waals surface area (Å²) in [7, 11) is 3.59. The number of thioether (sulfide) groups is 1. The molecule has 1 rings (SSSR count). The molecule has 4 nitrogen and oxygen atoms in total. The van der Waals surface area contributed by atoms with Gasteiger partial charge in [-0.3, -0.25) is 9.69 Å². The third-order valence-corrected chi connectivity index (χ3v) is 5.72. The van der Waals surface area contributed by atoms with Crippen LogP contribution in [-0.4, -0.2) is 64.9 Å². The van der Waals surface area contributed by atoms with Gasteiger partial charge in [-0.25, -0.2) is 0 Å². The fourth-order valence-electron chi connectivity index (χ4n) is 2.35. The van der Waals surface area contributed by atoms with E-state index < -0.39 is 0 Å². The summed E-state index contributed by atoms with van der Waals surface area (Å²) in [6, 6.07) is -0.0637. The number of nitrogens with two attached hydrogens (primary N) is 1. The molecule has 0 aromatic carbocycles. The number of piperidine rings is 1. The van der Waals surface area contributed by atoms with Gasteiger partial charge in [-0.05, 0) is 26.0 Å². The molecule has 0 radical (unpaired) electrons. The number of nitrogens with zero attached hydrogens (tertiary/aromatic N) is 2. The molecule has 0 aromatic rings. The molecule has 1 heterocycles. The lowest BCUT2D eigenvalue weighted by Gasteiger charge is -2.42. The number of carbonyl (C=O) groups excluding carboxylic acids is 1. The van der Waals surface area contributed by atoms with Gasteiger partial charge in [0.15, 0.2) is 0 Å². The van der Waals surface area contributed by atoms with Crippen molar-refractivity contribution in [1.29, 1.82) is 0 Å². The molecule has 1 unspecified atom stereocenters. The molecular formula is C12H23N3OS2. The van der Waals surface area contributed by atoms with Crippen LogP contribution in [0.5, 0.6) is 0 Å². The standard InChI is InChI=1S/C12H23N3OS2/c1-9(10(16)14(2)3)15-7-5-12(18-4,6-8-15)11(13)17/h9H,5-8H2,1-4H3,(H2,13,17). The number of thiocarbonyl (C=S) groups is 1. The molecule has 6 heteroatoms. The summed E-state index contributed by atoms with van der Waals surface area (Å²) in [5.74, 6) is 0.155. The van der Waals surface area contributed by atoms with Gasteiger partial charge in [0.05, 0.1) is 15.8 Å². The van der Waals surface area contributed by atoms with Crippen LogP contribution in [0.1, 0.15) is 19.8 Å². The Morgan fingerprint density at radius 3 is 2.28 bits per heavy atom. The molecule has 1 saturated heterocycles. The smallest absolute Gasteiger partial charge is 0.239 e. The Morgan fingerprint density at radius 2 is 1.94 bits per heavy atom. The molecule has 2 N–H and O–H groups in total. The van der Waals surface area contributed by atoms with E-state index in [1.807, 2.05) is 6.92 Å². The van der Waals surface area contributed by atoms with Gasteiger partial charge in [0.1, 0.15) is 0 Å². The van der Waals surface area contributed by atoms with Crippen LogP contribution < -0.4 is 5.73 Å². The highest BCUT2D eigenvalue weighted by Gasteiger charge is 2.38. The van der Waals surface area contributed by atoms with Crippen molar-refractivity contribution in [2.75, 3.05) is 33.4 Å². The van der Waals surface area contributed by atoms with Crippen LogP contribution in [0, 0.1) is 0 Å². The lowest BCUT2D eigenvalue weighted by atomic mass is 9.94. The van der Waals surface area contributed by atoms with E-state index in [1.54, 1.807) is 30.8 Å². The fraction of sp³-hybridized carbons (Fsp3) is 0.833. The van der Waals surface area contributed by atoms with Crippen molar-refractivity contribution in [2.45, 2.75) is 30.6 Å². The number of likely N-dealkylation sites (tertiary alicyclic amines) is 1. The van der Waals surface area contributed by atoms with Gasteiger partial charge in [-0.15, -0.1) is 0 Å². The summed E-state index contributed by atoms with van der Waals surface area (Å²) in [6.07, 6.45) is 3.91. The zero-order valence-electron chi connectivity index (χ0n) is 11.6. The quantitative estimate of drug-likeness (QED) is 0.781. The zero-order valence-corrected chi connectivity index (χ0v) is 13.2. The monoisotopic (exact) mass is 289 g/mol. The molecule has 1 atom stereocenters. The molecule has 1 aliphatic rings. The van der Waals surface area contributed by atoms with E-state index in [2.05, 4.69) is 11.2 Å². The van der Waals surface area contributed by atoms with E-state index in [0.29, 0.717) is 4.99 Å². The molecule has 1 aliphatic heterocycles.